The van der Waals surface area contributed by atoms with Crippen molar-refractivity contribution in [2.45, 2.75) is 36.5 Å². The van der Waals surface area contributed by atoms with Gasteiger partial charge in [-0.05, 0) is 85.6 Å². The van der Waals surface area contributed by atoms with Gasteiger partial charge in [-0.15, -0.1) is 0 Å². The first-order valence-corrected chi connectivity index (χ1v) is 15.3. The molecular formula is C37H32N4O4S. The lowest BCUT2D eigenvalue weighted by Crippen LogP contribution is -2.14. The van der Waals surface area contributed by atoms with Crippen LogP contribution in [0.4, 0.5) is 17.1 Å². The zero-order valence-electron chi connectivity index (χ0n) is 25.6. The number of aldehydes is 1. The lowest BCUT2D eigenvalue weighted by atomic mass is 10.1. The topological polar surface area (TPSA) is 123 Å². The number of hydrogen-bond acceptors (Lipinski definition) is 7. The van der Waals surface area contributed by atoms with Gasteiger partial charge in [-0.1, -0.05) is 35.7 Å². The van der Waals surface area contributed by atoms with E-state index >= 15 is 0 Å². The van der Waals surface area contributed by atoms with E-state index in [-0.39, 0.29) is 11.5 Å². The van der Waals surface area contributed by atoms with Crippen LogP contribution >= 0.6 is 11.8 Å². The van der Waals surface area contributed by atoms with Crippen LogP contribution in [0, 0.1) is 25.7 Å². The fourth-order valence-electron chi connectivity index (χ4n) is 4.88. The molecule has 0 unspecified atom stereocenters. The third-order valence-electron chi connectivity index (χ3n) is 7.17. The molecule has 4 N–H and O–H groups in total. The number of anilines is 3. The molecule has 0 saturated heterocycles. The van der Waals surface area contributed by atoms with Crippen LogP contribution in [0.15, 0.2) is 94.9 Å². The summed E-state index contributed by atoms with van der Waals surface area (Å²) in [5.41, 5.74) is 11.9. The lowest BCUT2D eigenvalue weighted by Gasteiger charge is -2.16. The van der Waals surface area contributed by atoms with E-state index in [2.05, 4.69) is 27.5 Å². The van der Waals surface area contributed by atoms with Crippen molar-refractivity contribution >= 4 is 57.8 Å². The number of fused-ring (bicyclic) bond motifs is 1. The number of rotatable bonds is 10. The number of aryl methyl sites for hydroxylation is 2. The van der Waals surface area contributed by atoms with Crippen molar-refractivity contribution in [1.82, 2.24) is 4.98 Å². The van der Waals surface area contributed by atoms with E-state index in [1.165, 1.54) is 18.0 Å². The van der Waals surface area contributed by atoms with Gasteiger partial charge in [0, 0.05) is 62.8 Å². The first-order chi connectivity index (χ1) is 22.2. The second kappa shape index (κ2) is 14.5. The summed E-state index contributed by atoms with van der Waals surface area (Å²) in [7, 11) is 1.59. The van der Waals surface area contributed by atoms with Gasteiger partial charge in [-0.25, -0.2) is 0 Å². The predicted molar refractivity (Wildman–Crippen MR) is 183 cm³/mol. The zero-order valence-corrected chi connectivity index (χ0v) is 26.5. The second-order valence-corrected chi connectivity index (χ2v) is 11.7. The lowest BCUT2D eigenvalue weighted by molar-refractivity contribution is -0.107. The van der Waals surface area contributed by atoms with E-state index in [1.807, 2.05) is 86.6 Å². The highest BCUT2D eigenvalue weighted by molar-refractivity contribution is 7.99. The number of pyridine rings is 1. The highest BCUT2D eigenvalue weighted by atomic mass is 32.2. The van der Waals surface area contributed by atoms with E-state index in [0.29, 0.717) is 35.5 Å². The molecule has 230 valence electrons. The fraction of sp³-hybridized carbons (Fsp3) is 0.135. The summed E-state index contributed by atoms with van der Waals surface area (Å²) in [5.74, 6) is 5.87. The maximum Gasteiger partial charge on any atom is 0.255 e. The molecule has 2 amide bonds. The van der Waals surface area contributed by atoms with Crippen molar-refractivity contribution in [3.63, 3.8) is 0 Å². The Kier molecular flexibility index (Phi) is 10.0. The van der Waals surface area contributed by atoms with Gasteiger partial charge in [-0.2, -0.15) is 0 Å². The van der Waals surface area contributed by atoms with Gasteiger partial charge in [0.05, 0.1) is 23.9 Å². The number of hydrogen-bond donors (Lipinski definition) is 3. The average molecular weight is 629 g/mol. The van der Waals surface area contributed by atoms with Crippen molar-refractivity contribution in [3.05, 3.63) is 113 Å². The number of nitrogens with one attached hydrogen (secondary N) is 2. The van der Waals surface area contributed by atoms with Gasteiger partial charge >= 0.3 is 0 Å². The van der Waals surface area contributed by atoms with E-state index in [0.717, 1.165) is 49.4 Å². The van der Waals surface area contributed by atoms with Crippen LogP contribution in [0.25, 0.3) is 10.9 Å². The third-order valence-corrected chi connectivity index (χ3v) is 8.13. The smallest absolute Gasteiger partial charge is 0.255 e. The number of methoxy groups -OCH3 is 1. The maximum atomic E-state index is 13.2. The molecule has 9 heteroatoms. The first-order valence-electron chi connectivity index (χ1n) is 14.5. The van der Waals surface area contributed by atoms with Crippen LogP contribution in [-0.2, 0) is 4.79 Å². The highest BCUT2D eigenvalue weighted by Gasteiger charge is 2.17. The van der Waals surface area contributed by atoms with Crippen LogP contribution in [0.2, 0.25) is 0 Å². The number of aromatic nitrogens is 1. The Morgan fingerprint density at radius 3 is 2.57 bits per heavy atom. The Hall–Kier alpha value is -5.59. The summed E-state index contributed by atoms with van der Waals surface area (Å²) in [5, 5.41) is 7.09. The number of nitrogens with two attached hydrogens (primary N) is 1. The maximum absolute atomic E-state index is 13.2. The number of unbranched alkanes of at least 4 members (excludes halogenated alkanes) is 1. The van der Waals surface area contributed by atoms with E-state index in [9.17, 15) is 14.4 Å². The Bertz CT molecular complexity index is 2030. The molecule has 0 aliphatic heterocycles. The Morgan fingerprint density at radius 1 is 0.978 bits per heavy atom. The molecular weight excluding hydrogens is 596 g/mol. The second-order valence-electron chi connectivity index (χ2n) is 10.5. The van der Waals surface area contributed by atoms with Crippen molar-refractivity contribution in [1.29, 1.82) is 0 Å². The molecule has 1 aromatic heterocycles. The van der Waals surface area contributed by atoms with Crippen LogP contribution in [0.1, 0.15) is 50.2 Å². The Morgan fingerprint density at radius 2 is 1.80 bits per heavy atom. The zero-order chi connectivity index (χ0) is 32.6. The van der Waals surface area contributed by atoms with Crippen LogP contribution in [0.5, 0.6) is 5.75 Å². The van der Waals surface area contributed by atoms with Gasteiger partial charge in [0.15, 0.2) is 0 Å². The summed E-state index contributed by atoms with van der Waals surface area (Å²) in [4.78, 5) is 42.5. The molecule has 0 fully saturated rings. The SMILES string of the molecule is COc1cccc(Nc2c(C(N)=O)cnc3c(C)cc(Sc4cccc(C(=O)Nc5ccc(C#CCCC=O)cc5C)c4)cc23)c1. The molecule has 0 aliphatic carbocycles. The van der Waals surface area contributed by atoms with Gasteiger partial charge in [0.2, 0.25) is 0 Å². The molecule has 46 heavy (non-hydrogen) atoms. The number of carbonyl (C=O) groups excluding carboxylic acids is 3. The molecule has 0 aliphatic rings. The number of primary amides is 1. The van der Waals surface area contributed by atoms with E-state index in [4.69, 9.17) is 10.5 Å². The number of nitrogens with zero attached hydrogens (tertiary/aromatic N) is 1. The van der Waals surface area contributed by atoms with Crippen LogP contribution in [-0.4, -0.2) is 30.2 Å². The molecule has 5 aromatic rings. The summed E-state index contributed by atoms with van der Waals surface area (Å²) in [6.45, 7) is 3.88. The molecule has 0 saturated carbocycles. The number of amides is 2. The molecule has 0 radical (unpaired) electrons. The molecule has 8 nitrogen and oxygen atoms in total. The average Bonchev–Trinajstić information content (AvgIpc) is 3.04. The van der Waals surface area contributed by atoms with Gasteiger partial charge < -0.3 is 25.9 Å². The minimum Gasteiger partial charge on any atom is -0.497 e. The molecule has 0 spiro atoms. The molecule has 5 rings (SSSR count). The number of benzene rings is 4. The van der Waals surface area contributed by atoms with Gasteiger partial charge in [0.25, 0.3) is 11.8 Å². The van der Waals surface area contributed by atoms with Crippen molar-refractivity contribution in [3.8, 4) is 17.6 Å². The highest BCUT2D eigenvalue weighted by Crippen LogP contribution is 2.37. The Balaban J connectivity index is 1.40. The Labute approximate surface area is 271 Å². The molecule has 4 aromatic carbocycles. The molecule has 1 heterocycles. The summed E-state index contributed by atoms with van der Waals surface area (Å²) in [6.07, 6.45) is 3.27. The largest absolute Gasteiger partial charge is 0.497 e. The van der Waals surface area contributed by atoms with Crippen molar-refractivity contribution in [2.24, 2.45) is 5.73 Å². The molecule has 0 atom stereocenters. The van der Waals surface area contributed by atoms with Crippen LogP contribution in [0.3, 0.4) is 0 Å². The monoisotopic (exact) mass is 628 g/mol. The normalized spacial score (nSPS) is 10.5. The van der Waals surface area contributed by atoms with Crippen molar-refractivity contribution in [2.75, 3.05) is 17.7 Å². The first kappa shape index (κ1) is 31.8. The van der Waals surface area contributed by atoms with Gasteiger partial charge in [0.1, 0.15) is 12.0 Å². The predicted octanol–water partition coefficient (Wildman–Crippen LogP) is 7.44. The minimum absolute atomic E-state index is 0.231. The van der Waals surface area contributed by atoms with E-state index < -0.39 is 5.91 Å². The standard InChI is InChI=1S/C37H32N4O4S/c1-23-17-25(9-5-4-6-16-42)14-15-33(23)41-37(44)26-10-7-13-29(19-26)46-30-18-24(2)34-31(21-30)35(32(22-39-34)36(38)43)40-27-11-8-12-28(20-27)45-3/h7-8,10-22H,4,6H2,1-3H3,(H2,38,43)(H,39,40)(H,41,44). The number of carbonyl (C=O) groups is 3. The van der Waals surface area contributed by atoms with Crippen LogP contribution < -0.4 is 21.1 Å². The van der Waals surface area contributed by atoms with Gasteiger partial charge in [-0.3, -0.25) is 14.6 Å². The minimum atomic E-state index is -0.596. The fourth-order valence-corrected chi connectivity index (χ4v) is 5.90. The van der Waals surface area contributed by atoms with E-state index in [1.54, 1.807) is 13.2 Å². The summed E-state index contributed by atoms with van der Waals surface area (Å²) < 4.78 is 5.36. The summed E-state index contributed by atoms with van der Waals surface area (Å²) in [6, 6.07) is 24.4. The van der Waals surface area contributed by atoms with Crippen molar-refractivity contribution < 1.29 is 19.1 Å². The summed E-state index contributed by atoms with van der Waals surface area (Å²) >= 11 is 1.50. The number of ether oxygens (including phenoxy) is 1. The quantitative estimate of drug-likeness (QED) is 0.0835. The third kappa shape index (κ3) is 7.54. The molecule has 0 bridgehead atoms.